The second-order valence-corrected chi connectivity index (χ2v) is 9.12. The van der Waals surface area contributed by atoms with Crippen LogP contribution in [0.2, 0.25) is 0 Å². The summed E-state index contributed by atoms with van der Waals surface area (Å²) in [5.41, 5.74) is 17.0. The molecule has 37 heavy (non-hydrogen) atoms. The molecule has 13 heteroatoms. The summed E-state index contributed by atoms with van der Waals surface area (Å²) >= 11 is 0. The zero-order valence-electron chi connectivity index (χ0n) is 21.1. The Morgan fingerprint density at radius 2 is 1.49 bits per heavy atom. The number of rotatable bonds is 16. The van der Waals surface area contributed by atoms with Crippen molar-refractivity contribution in [3.63, 3.8) is 0 Å². The predicted molar refractivity (Wildman–Crippen MR) is 135 cm³/mol. The fraction of sp³-hybridized carbons (Fsp3) is 0.542. The van der Waals surface area contributed by atoms with Gasteiger partial charge in [-0.3, -0.25) is 19.2 Å². The van der Waals surface area contributed by atoms with Crippen molar-refractivity contribution in [2.24, 2.45) is 23.1 Å². The van der Waals surface area contributed by atoms with Crippen molar-refractivity contribution in [3.8, 4) is 5.75 Å². The number of carboxylic acid groups (broad SMARTS) is 1. The largest absolute Gasteiger partial charge is 0.508 e. The number of nitrogens with two attached hydrogens (primary N) is 3. The van der Waals surface area contributed by atoms with Gasteiger partial charge in [0.1, 0.15) is 23.9 Å². The lowest BCUT2D eigenvalue weighted by Crippen LogP contribution is -2.59. The van der Waals surface area contributed by atoms with E-state index >= 15 is 0 Å². The molecule has 4 atom stereocenters. The molecule has 11 N–H and O–H groups in total. The van der Waals surface area contributed by atoms with E-state index in [1.807, 2.05) is 0 Å². The maximum absolute atomic E-state index is 13.2. The third-order valence-corrected chi connectivity index (χ3v) is 5.58. The number of primary amides is 1. The van der Waals surface area contributed by atoms with Crippen LogP contribution >= 0.6 is 0 Å². The zero-order chi connectivity index (χ0) is 28.1. The van der Waals surface area contributed by atoms with Gasteiger partial charge in [0.25, 0.3) is 0 Å². The summed E-state index contributed by atoms with van der Waals surface area (Å²) in [6.07, 6.45) is 1.02. The third kappa shape index (κ3) is 11.3. The van der Waals surface area contributed by atoms with Gasteiger partial charge in [0.05, 0.1) is 12.5 Å². The summed E-state index contributed by atoms with van der Waals surface area (Å²) in [6.45, 7) is 3.87. The number of hydrogen-bond donors (Lipinski definition) is 8. The minimum atomic E-state index is -1.60. The molecule has 4 unspecified atom stereocenters. The summed E-state index contributed by atoms with van der Waals surface area (Å²) in [7, 11) is 0. The Hall–Kier alpha value is -3.71. The number of aliphatic carboxylic acids is 1. The van der Waals surface area contributed by atoms with E-state index in [-0.39, 0.29) is 18.1 Å². The van der Waals surface area contributed by atoms with E-state index in [9.17, 15) is 34.2 Å². The Morgan fingerprint density at radius 1 is 0.892 bits per heavy atom. The van der Waals surface area contributed by atoms with E-state index < -0.39 is 60.2 Å². The number of amides is 4. The lowest BCUT2D eigenvalue weighted by atomic mass is 10.00. The monoisotopic (exact) mass is 522 g/mol. The molecule has 0 spiro atoms. The van der Waals surface area contributed by atoms with Crippen molar-refractivity contribution >= 4 is 29.6 Å². The van der Waals surface area contributed by atoms with Gasteiger partial charge in [-0.15, -0.1) is 0 Å². The SMILES string of the molecule is CC(C)C(NC(=O)C(N)CCCCN)C(=O)NC(Cc1ccc(O)cc1)C(=O)NC(CC(N)=O)C(=O)O. The van der Waals surface area contributed by atoms with Crippen molar-refractivity contribution in [1.29, 1.82) is 0 Å². The van der Waals surface area contributed by atoms with Crippen molar-refractivity contribution in [1.82, 2.24) is 16.0 Å². The summed E-state index contributed by atoms with van der Waals surface area (Å²) < 4.78 is 0. The fourth-order valence-electron chi connectivity index (χ4n) is 3.45. The number of unbranched alkanes of at least 4 members (excludes halogenated alkanes) is 1. The molecular formula is C24H38N6O7. The Kier molecular flexibility index (Phi) is 13.0. The van der Waals surface area contributed by atoms with Crippen LogP contribution in [0.3, 0.4) is 0 Å². The van der Waals surface area contributed by atoms with E-state index in [1.54, 1.807) is 13.8 Å². The summed E-state index contributed by atoms with van der Waals surface area (Å²) in [4.78, 5) is 61.4. The molecule has 0 heterocycles. The van der Waals surface area contributed by atoms with Gasteiger partial charge in [0.2, 0.25) is 23.6 Å². The number of nitrogens with one attached hydrogen (secondary N) is 3. The fourth-order valence-corrected chi connectivity index (χ4v) is 3.45. The first-order valence-corrected chi connectivity index (χ1v) is 12.0. The predicted octanol–water partition coefficient (Wildman–Crippen LogP) is -1.54. The van der Waals surface area contributed by atoms with Crippen LogP contribution in [0.25, 0.3) is 0 Å². The standard InChI is InChI=1S/C24H38N6O7/c1-13(2)20(30-21(33)16(26)5-3-4-10-25)23(35)28-17(11-14-6-8-15(31)9-7-14)22(34)29-18(24(36)37)12-19(27)32/h6-9,13,16-18,20,31H,3-5,10-12,25-26H2,1-2H3,(H2,27,32)(H,28,35)(H,29,34)(H,30,33)(H,36,37). The van der Waals surface area contributed by atoms with Crippen molar-refractivity contribution in [3.05, 3.63) is 29.8 Å². The molecular weight excluding hydrogens is 484 g/mol. The molecule has 1 aromatic carbocycles. The highest BCUT2D eigenvalue weighted by molar-refractivity contribution is 5.95. The van der Waals surface area contributed by atoms with Crippen molar-refractivity contribution in [2.75, 3.05) is 6.54 Å². The molecule has 0 aliphatic heterocycles. The number of carboxylic acids is 1. The van der Waals surface area contributed by atoms with Gasteiger partial charge < -0.3 is 43.4 Å². The summed E-state index contributed by atoms with van der Waals surface area (Å²) in [6, 6.07) is 1.08. The van der Waals surface area contributed by atoms with Gasteiger partial charge in [-0.25, -0.2) is 4.79 Å². The number of phenols is 1. The first-order chi connectivity index (χ1) is 17.3. The van der Waals surface area contributed by atoms with Crippen LogP contribution in [0.15, 0.2) is 24.3 Å². The van der Waals surface area contributed by atoms with Crippen LogP contribution in [0, 0.1) is 5.92 Å². The molecule has 0 aromatic heterocycles. The van der Waals surface area contributed by atoms with Gasteiger partial charge in [-0.2, -0.15) is 0 Å². The highest BCUT2D eigenvalue weighted by Gasteiger charge is 2.32. The lowest BCUT2D eigenvalue weighted by molar-refractivity contribution is -0.143. The quantitative estimate of drug-likeness (QED) is 0.117. The smallest absolute Gasteiger partial charge is 0.326 e. The van der Waals surface area contributed by atoms with Crippen LogP contribution in [0.1, 0.15) is 45.1 Å². The third-order valence-electron chi connectivity index (χ3n) is 5.58. The normalized spacial score (nSPS) is 14.2. The van der Waals surface area contributed by atoms with Crippen LogP contribution in [-0.2, 0) is 30.4 Å². The Morgan fingerprint density at radius 3 is 2.00 bits per heavy atom. The van der Waals surface area contributed by atoms with E-state index in [0.717, 1.165) is 0 Å². The molecule has 13 nitrogen and oxygen atoms in total. The molecule has 0 saturated carbocycles. The van der Waals surface area contributed by atoms with E-state index in [0.29, 0.717) is 31.4 Å². The number of hydrogen-bond acceptors (Lipinski definition) is 8. The maximum Gasteiger partial charge on any atom is 0.326 e. The molecule has 4 amide bonds. The first-order valence-electron chi connectivity index (χ1n) is 12.0. The van der Waals surface area contributed by atoms with Crippen LogP contribution < -0.4 is 33.2 Å². The van der Waals surface area contributed by atoms with Gasteiger partial charge in [0.15, 0.2) is 0 Å². The number of carbonyl (C=O) groups is 5. The Balaban J connectivity index is 3.08. The highest BCUT2D eigenvalue weighted by atomic mass is 16.4. The molecule has 0 bridgehead atoms. The highest BCUT2D eigenvalue weighted by Crippen LogP contribution is 2.13. The van der Waals surface area contributed by atoms with E-state index in [2.05, 4.69) is 16.0 Å². The van der Waals surface area contributed by atoms with Crippen LogP contribution in [0.5, 0.6) is 5.75 Å². The maximum atomic E-state index is 13.2. The minimum absolute atomic E-state index is 0.00780. The average molecular weight is 523 g/mol. The molecule has 1 aromatic rings. The molecule has 0 radical (unpaired) electrons. The van der Waals surface area contributed by atoms with Gasteiger partial charge >= 0.3 is 5.97 Å². The molecule has 0 fully saturated rings. The number of phenolic OH excluding ortho intramolecular Hbond substituents is 1. The number of benzene rings is 1. The summed E-state index contributed by atoms with van der Waals surface area (Å²) in [5, 5.41) is 26.3. The molecule has 206 valence electrons. The second kappa shape index (κ2) is 15.4. The van der Waals surface area contributed by atoms with Gasteiger partial charge in [-0.1, -0.05) is 32.4 Å². The number of aromatic hydroxyl groups is 1. The van der Waals surface area contributed by atoms with E-state index in [4.69, 9.17) is 17.2 Å². The van der Waals surface area contributed by atoms with Crippen molar-refractivity contribution in [2.45, 2.75) is 70.1 Å². The molecule has 0 aliphatic rings. The summed E-state index contributed by atoms with van der Waals surface area (Å²) in [5.74, 6) is -4.88. The Labute approximate surface area is 215 Å². The van der Waals surface area contributed by atoms with Crippen LogP contribution in [0.4, 0.5) is 0 Å². The minimum Gasteiger partial charge on any atom is -0.508 e. The van der Waals surface area contributed by atoms with Crippen molar-refractivity contribution < 1.29 is 34.2 Å². The lowest BCUT2D eigenvalue weighted by Gasteiger charge is -2.27. The van der Waals surface area contributed by atoms with E-state index in [1.165, 1.54) is 24.3 Å². The first kappa shape index (κ1) is 31.3. The molecule has 1 rings (SSSR count). The topological polar surface area (TPSA) is 240 Å². The molecule has 0 saturated heterocycles. The van der Waals surface area contributed by atoms with Gasteiger partial charge in [0, 0.05) is 6.42 Å². The average Bonchev–Trinajstić information content (AvgIpc) is 2.82. The Bertz CT molecular complexity index is 938. The second-order valence-electron chi connectivity index (χ2n) is 9.12. The van der Waals surface area contributed by atoms with Crippen LogP contribution in [-0.4, -0.2) is 70.5 Å². The van der Waals surface area contributed by atoms with Gasteiger partial charge in [-0.05, 0) is 43.0 Å². The number of carbonyl (C=O) groups excluding carboxylic acids is 4. The molecule has 0 aliphatic carbocycles. The zero-order valence-corrected chi connectivity index (χ0v) is 21.1.